The van der Waals surface area contributed by atoms with Crippen LogP contribution in [0.1, 0.15) is 56.1 Å². The van der Waals surface area contributed by atoms with Crippen molar-refractivity contribution in [2.24, 2.45) is 5.92 Å². The Bertz CT molecular complexity index is 947. The molecule has 2 aliphatic rings. The predicted octanol–water partition coefficient (Wildman–Crippen LogP) is 3.45. The van der Waals surface area contributed by atoms with E-state index in [9.17, 15) is 13.2 Å². The van der Waals surface area contributed by atoms with Crippen LogP contribution in [-0.4, -0.2) is 95.1 Å². The molecule has 204 valence electrons. The first-order valence-electron chi connectivity index (χ1n) is 13.3. The van der Waals surface area contributed by atoms with Crippen LogP contribution in [0.25, 0.3) is 0 Å². The third-order valence-electron chi connectivity index (χ3n) is 7.89. The number of carbonyl (C=O) groups is 1. The Kier molecular flexibility index (Phi) is 10.6. The Labute approximate surface area is 218 Å². The summed E-state index contributed by atoms with van der Waals surface area (Å²) < 4.78 is 38.3. The van der Waals surface area contributed by atoms with Gasteiger partial charge in [-0.15, -0.1) is 0 Å². The van der Waals surface area contributed by atoms with Crippen molar-refractivity contribution < 1.29 is 22.7 Å². The maximum atomic E-state index is 13.1. The van der Waals surface area contributed by atoms with E-state index in [4.69, 9.17) is 9.47 Å². The van der Waals surface area contributed by atoms with E-state index in [1.807, 2.05) is 7.05 Å². The minimum atomic E-state index is -3.67. The van der Waals surface area contributed by atoms with Gasteiger partial charge in [-0.3, -0.25) is 4.79 Å². The number of methoxy groups -OCH3 is 1. The number of nitrogens with zero attached hydrogens (tertiary/aromatic N) is 3. The second kappa shape index (κ2) is 13.2. The highest BCUT2D eigenvalue weighted by Crippen LogP contribution is 2.31. The van der Waals surface area contributed by atoms with E-state index < -0.39 is 10.0 Å². The number of amides is 1. The normalized spacial score (nSPS) is 21.2. The molecule has 0 spiro atoms. The molecule has 0 radical (unpaired) electrons. The summed E-state index contributed by atoms with van der Waals surface area (Å²) in [6.45, 7) is 7.11. The van der Waals surface area contributed by atoms with E-state index in [1.165, 1.54) is 63.0 Å². The summed E-state index contributed by atoms with van der Waals surface area (Å²) in [5, 5.41) is 0. The smallest absolute Gasteiger partial charge is 0.248 e. The van der Waals surface area contributed by atoms with Crippen molar-refractivity contribution in [1.82, 2.24) is 14.1 Å². The Morgan fingerprint density at radius 2 is 1.64 bits per heavy atom. The van der Waals surface area contributed by atoms with Gasteiger partial charge in [0.05, 0.1) is 18.6 Å². The van der Waals surface area contributed by atoms with E-state index in [1.54, 1.807) is 38.0 Å². The first-order valence-corrected chi connectivity index (χ1v) is 14.7. The highest BCUT2D eigenvalue weighted by molar-refractivity contribution is 7.89. The number of hydrogen-bond acceptors (Lipinski definition) is 6. The maximum absolute atomic E-state index is 13.1. The van der Waals surface area contributed by atoms with E-state index >= 15 is 0 Å². The molecule has 1 amide bonds. The maximum Gasteiger partial charge on any atom is 0.248 e. The lowest BCUT2D eigenvalue weighted by molar-refractivity contribution is -0.135. The van der Waals surface area contributed by atoms with Gasteiger partial charge in [0, 0.05) is 33.2 Å². The fourth-order valence-electron chi connectivity index (χ4n) is 5.58. The lowest BCUT2D eigenvalue weighted by atomic mass is 9.83. The second-order valence-corrected chi connectivity index (χ2v) is 12.5. The zero-order valence-electron chi connectivity index (χ0n) is 22.8. The third-order valence-corrected chi connectivity index (χ3v) is 10.0. The summed E-state index contributed by atoms with van der Waals surface area (Å²) in [5.41, 5.74) is 1.28. The molecule has 0 bridgehead atoms. The molecule has 0 aromatic heterocycles. The molecule has 1 aliphatic heterocycles. The van der Waals surface area contributed by atoms with Crippen molar-refractivity contribution in [1.29, 1.82) is 0 Å². The van der Waals surface area contributed by atoms with Crippen LogP contribution in [0.4, 0.5) is 0 Å². The molecule has 36 heavy (non-hydrogen) atoms. The molecule has 1 saturated heterocycles. The third kappa shape index (κ3) is 7.43. The minimum Gasteiger partial charge on any atom is -0.497 e. The van der Waals surface area contributed by atoms with Gasteiger partial charge in [-0.25, -0.2) is 8.42 Å². The number of sulfonamides is 1. The van der Waals surface area contributed by atoms with Gasteiger partial charge in [-0.2, -0.15) is 4.31 Å². The molecule has 0 atom stereocenters. The van der Waals surface area contributed by atoms with Crippen molar-refractivity contribution >= 4 is 15.9 Å². The number of ether oxygens (including phenoxy) is 2. The monoisotopic (exact) mass is 523 g/mol. The molecule has 1 aromatic carbocycles. The zero-order chi connectivity index (χ0) is 26.3. The molecule has 9 heteroatoms. The fraction of sp³-hybridized carbons (Fsp3) is 0.741. The average molecular weight is 524 g/mol. The van der Waals surface area contributed by atoms with Crippen molar-refractivity contribution in [3.05, 3.63) is 23.3 Å². The number of carbonyl (C=O) groups excluding carboxylic acids is 1. The van der Waals surface area contributed by atoms with Crippen LogP contribution in [-0.2, 0) is 19.6 Å². The van der Waals surface area contributed by atoms with E-state index in [2.05, 4.69) is 4.90 Å². The second-order valence-electron chi connectivity index (χ2n) is 10.5. The molecule has 1 saturated carbocycles. The molecule has 1 heterocycles. The van der Waals surface area contributed by atoms with Gasteiger partial charge >= 0.3 is 0 Å². The first kappa shape index (κ1) is 28.9. The van der Waals surface area contributed by atoms with E-state index in [-0.39, 0.29) is 30.6 Å². The SMILES string of the molecule is COc1cc(C)c(S(=O)(=O)N(C)CCOCC(=O)N(C)CCC2CCC(N3CCCC3)CC2)c(C)c1. The van der Waals surface area contributed by atoms with Crippen LogP contribution < -0.4 is 4.74 Å². The van der Waals surface area contributed by atoms with Crippen LogP contribution in [0.5, 0.6) is 5.75 Å². The first-order chi connectivity index (χ1) is 17.1. The summed E-state index contributed by atoms with van der Waals surface area (Å²) >= 11 is 0. The summed E-state index contributed by atoms with van der Waals surface area (Å²) in [5.74, 6) is 1.27. The highest BCUT2D eigenvalue weighted by Gasteiger charge is 2.28. The van der Waals surface area contributed by atoms with E-state index in [0.717, 1.165) is 19.0 Å². The quantitative estimate of drug-likeness (QED) is 0.391. The number of rotatable bonds is 12. The van der Waals surface area contributed by atoms with Gasteiger partial charge in [0.25, 0.3) is 0 Å². The number of benzene rings is 1. The Morgan fingerprint density at radius 3 is 2.22 bits per heavy atom. The summed E-state index contributed by atoms with van der Waals surface area (Å²) in [4.78, 5) is 17.2. The van der Waals surface area contributed by atoms with Crippen molar-refractivity contribution in [3.63, 3.8) is 0 Å². The minimum absolute atomic E-state index is 0.0350. The molecule has 1 aliphatic carbocycles. The van der Waals surface area contributed by atoms with E-state index in [0.29, 0.717) is 22.8 Å². The van der Waals surface area contributed by atoms with Gasteiger partial charge in [0.1, 0.15) is 12.4 Å². The summed E-state index contributed by atoms with van der Waals surface area (Å²) in [6.07, 6.45) is 8.83. The molecule has 2 fully saturated rings. The number of likely N-dealkylation sites (N-methyl/N-ethyl adjacent to an activating group) is 2. The lowest BCUT2D eigenvalue weighted by Gasteiger charge is -2.35. The number of aryl methyl sites for hydroxylation is 2. The summed E-state index contributed by atoms with van der Waals surface area (Å²) in [7, 11) is 1.25. The summed E-state index contributed by atoms with van der Waals surface area (Å²) in [6, 6.07) is 4.21. The standard InChI is InChI=1S/C27H45N3O5S/c1-21-18-25(34-5)19-22(2)27(21)36(32,33)29(4)16-17-35-20-26(31)28(3)15-12-23-8-10-24(11-9-23)30-13-6-7-14-30/h18-19,23-24H,6-17,20H2,1-5H3. The lowest BCUT2D eigenvalue weighted by Crippen LogP contribution is -2.37. The van der Waals surface area contributed by atoms with Gasteiger partial charge < -0.3 is 19.3 Å². The molecule has 1 aromatic rings. The molecule has 3 rings (SSSR count). The van der Waals surface area contributed by atoms with Crippen LogP contribution in [0, 0.1) is 19.8 Å². The molecule has 0 N–H and O–H groups in total. The highest BCUT2D eigenvalue weighted by atomic mass is 32.2. The van der Waals surface area contributed by atoms with Gasteiger partial charge in [-0.1, -0.05) is 0 Å². The van der Waals surface area contributed by atoms with Crippen LogP contribution in [0.2, 0.25) is 0 Å². The van der Waals surface area contributed by atoms with Crippen molar-refractivity contribution in [2.45, 2.75) is 69.7 Å². The fourth-order valence-corrected chi connectivity index (χ4v) is 7.14. The van der Waals surface area contributed by atoms with Crippen molar-refractivity contribution in [3.8, 4) is 5.75 Å². The molecule has 0 unspecified atom stereocenters. The molecule has 8 nitrogen and oxygen atoms in total. The average Bonchev–Trinajstić information content (AvgIpc) is 3.39. The largest absolute Gasteiger partial charge is 0.497 e. The van der Waals surface area contributed by atoms with Crippen LogP contribution in [0.3, 0.4) is 0 Å². The Hall–Kier alpha value is -1.68. The number of likely N-dealkylation sites (tertiary alicyclic amines) is 1. The number of hydrogen-bond donors (Lipinski definition) is 0. The van der Waals surface area contributed by atoms with Crippen LogP contribution >= 0.6 is 0 Å². The predicted molar refractivity (Wildman–Crippen MR) is 142 cm³/mol. The molecular weight excluding hydrogens is 478 g/mol. The topological polar surface area (TPSA) is 79.4 Å². The Balaban J connectivity index is 1.36. The van der Waals surface area contributed by atoms with Gasteiger partial charge in [0.15, 0.2) is 0 Å². The van der Waals surface area contributed by atoms with Crippen LogP contribution in [0.15, 0.2) is 17.0 Å². The molecular formula is C27H45N3O5S. The Morgan fingerprint density at radius 1 is 1.03 bits per heavy atom. The zero-order valence-corrected chi connectivity index (χ0v) is 23.6. The van der Waals surface area contributed by atoms with Gasteiger partial charge in [0.2, 0.25) is 15.9 Å². The van der Waals surface area contributed by atoms with Crippen molar-refractivity contribution in [2.75, 3.05) is 60.6 Å². The van der Waals surface area contributed by atoms with Gasteiger partial charge in [-0.05, 0) is 101 Å².